The van der Waals surface area contributed by atoms with Gasteiger partial charge in [0.1, 0.15) is 5.82 Å². The molecule has 0 saturated heterocycles. The predicted octanol–water partition coefficient (Wildman–Crippen LogP) is 3.35. The highest BCUT2D eigenvalue weighted by Gasteiger charge is 2.19. The number of nitrogens with two attached hydrogens (primary N) is 2. The lowest BCUT2D eigenvalue weighted by molar-refractivity contribution is 0.0797. The Morgan fingerprint density at radius 3 is 2.50 bits per heavy atom. The number of aliphatic imine (C=N–C) groups is 1. The van der Waals surface area contributed by atoms with Crippen molar-refractivity contribution in [3.8, 4) is 0 Å². The summed E-state index contributed by atoms with van der Waals surface area (Å²) in [6.45, 7) is 0.744. The zero-order valence-corrected chi connectivity index (χ0v) is 17.9. The standard InChI is InChI=1S/C25H27N5O2/c1-28-14-21(13-26)20-12-22(24(27)29-15-20)25(31)30-23(19-10-6-3-7-11-19)17-32-16-18-8-4-2-5-9-18/h2-15,23H,16-17,26H2,1H3,(H2,27,29)(H,30,31). The van der Waals surface area contributed by atoms with Gasteiger partial charge in [0.2, 0.25) is 0 Å². The number of rotatable bonds is 9. The number of nitrogens with zero attached hydrogens (tertiary/aromatic N) is 2. The molecule has 0 spiro atoms. The number of pyridine rings is 1. The maximum atomic E-state index is 13.1. The average Bonchev–Trinajstić information content (AvgIpc) is 2.83. The van der Waals surface area contributed by atoms with Crippen molar-refractivity contribution in [2.45, 2.75) is 12.6 Å². The number of hydrogen-bond acceptors (Lipinski definition) is 6. The van der Waals surface area contributed by atoms with Crippen LogP contribution in [0, 0.1) is 0 Å². The number of carbonyl (C=O) groups is 1. The van der Waals surface area contributed by atoms with Crippen LogP contribution in [0.1, 0.15) is 33.1 Å². The Balaban J connectivity index is 1.79. The second-order valence-electron chi connectivity index (χ2n) is 7.10. The Morgan fingerprint density at radius 2 is 1.84 bits per heavy atom. The summed E-state index contributed by atoms with van der Waals surface area (Å²) in [5.41, 5.74) is 15.2. The van der Waals surface area contributed by atoms with E-state index in [4.69, 9.17) is 16.2 Å². The van der Waals surface area contributed by atoms with Crippen molar-refractivity contribution < 1.29 is 9.53 Å². The molecule has 32 heavy (non-hydrogen) atoms. The summed E-state index contributed by atoms with van der Waals surface area (Å²) in [4.78, 5) is 21.3. The molecule has 7 heteroatoms. The number of carbonyl (C=O) groups excluding carboxylic acids is 1. The topological polar surface area (TPSA) is 116 Å². The van der Waals surface area contributed by atoms with Crippen molar-refractivity contribution in [2.75, 3.05) is 19.4 Å². The van der Waals surface area contributed by atoms with Crippen LogP contribution < -0.4 is 16.8 Å². The third-order valence-electron chi connectivity index (χ3n) is 4.85. The molecular weight excluding hydrogens is 402 g/mol. The normalized spacial score (nSPS) is 12.6. The lowest BCUT2D eigenvalue weighted by atomic mass is 10.0. The number of nitrogen functional groups attached to an aromatic ring is 1. The van der Waals surface area contributed by atoms with E-state index in [0.717, 1.165) is 11.1 Å². The van der Waals surface area contributed by atoms with Crippen molar-refractivity contribution in [1.29, 1.82) is 0 Å². The van der Waals surface area contributed by atoms with Crippen LogP contribution in [0.4, 0.5) is 5.82 Å². The summed E-state index contributed by atoms with van der Waals surface area (Å²) in [5, 5.41) is 3.02. The van der Waals surface area contributed by atoms with Crippen LogP contribution in [0.2, 0.25) is 0 Å². The van der Waals surface area contributed by atoms with E-state index in [0.29, 0.717) is 24.4 Å². The highest BCUT2D eigenvalue weighted by Crippen LogP contribution is 2.20. The van der Waals surface area contributed by atoms with Gasteiger partial charge in [-0.15, -0.1) is 0 Å². The van der Waals surface area contributed by atoms with E-state index in [1.807, 2.05) is 60.7 Å². The Kier molecular flexibility index (Phi) is 8.11. The van der Waals surface area contributed by atoms with E-state index in [1.165, 1.54) is 6.20 Å². The minimum atomic E-state index is -0.364. The summed E-state index contributed by atoms with van der Waals surface area (Å²) in [6.07, 6.45) is 4.56. The molecular formula is C25H27N5O2. The number of hydrogen-bond donors (Lipinski definition) is 3. The molecule has 0 bridgehead atoms. The molecule has 7 nitrogen and oxygen atoms in total. The van der Waals surface area contributed by atoms with Gasteiger partial charge in [-0.3, -0.25) is 9.79 Å². The minimum absolute atomic E-state index is 0.132. The highest BCUT2D eigenvalue weighted by molar-refractivity contribution is 6.10. The fraction of sp³-hybridized carbons (Fsp3) is 0.160. The van der Waals surface area contributed by atoms with Gasteiger partial charge in [-0.25, -0.2) is 4.98 Å². The first kappa shape index (κ1) is 22.7. The number of benzene rings is 2. The Morgan fingerprint density at radius 1 is 1.16 bits per heavy atom. The first-order chi connectivity index (χ1) is 15.6. The second-order valence-corrected chi connectivity index (χ2v) is 7.10. The quantitative estimate of drug-likeness (QED) is 0.451. The molecule has 0 saturated carbocycles. The van der Waals surface area contributed by atoms with E-state index in [2.05, 4.69) is 15.3 Å². The van der Waals surface area contributed by atoms with Gasteiger partial charge in [0.05, 0.1) is 24.8 Å². The van der Waals surface area contributed by atoms with E-state index in [-0.39, 0.29) is 23.3 Å². The van der Waals surface area contributed by atoms with Gasteiger partial charge in [-0.1, -0.05) is 60.7 Å². The van der Waals surface area contributed by atoms with Crippen LogP contribution in [0.15, 0.2) is 84.1 Å². The van der Waals surface area contributed by atoms with Gasteiger partial charge in [0, 0.05) is 36.8 Å². The maximum Gasteiger partial charge on any atom is 0.255 e. The Bertz CT molecular complexity index is 1080. The van der Waals surface area contributed by atoms with Gasteiger partial charge in [0.15, 0.2) is 0 Å². The van der Waals surface area contributed by atoms with Gasteiger partial charge in [0.25, 0.3) is 5.91 Å². The van der Waals surface area contributed by atoms with Gasteiger partial charge < -0.3 is 21.5 Å². The lowest BCUT2D eigenvalue weighted by Gasteiger charge is -2.20. The van der Waals surface area contributed by atoms with Gasteiger partial charge in [-0.05, 0) is 17.2 Å². The molecule has 1 heterocycles. The molecule has 0 aliphatic rings. The molecule has 164 valence electrons. The molecule has 1 unspecified atom stereocenters. The van der Waals surface area contributed by atoms with E-state index >= 15 is 0 Å². The summed E-state index contributed by atoms with van der Waals surface area (Å²) < 4.78 is 5.91. The Labute approximate surface area is 187 Å². The number of allylic oxidation sites excluding steroid dienone is 1. The molecule has 1 atom stereocenters. The molecule has 0 aliphatic heterocycles. The molecule has 5 N–H and O–H groups in total. The third-order valence-corrected chi connectivity index (χ3v) is 4.85. The van der Waals surface area contributed by atoms with Crippen LogP contribution in [-0.2, 0) is 11.3 Å². The largest absolute Gasteiger partial charge is 0.404 e. The van der Waals surface area contributed by atoms with Crippen molar-refractivity contribution in [2.24, 2.45) is 10.7 Å². The maximum absolute atomic E-state index is 13.1. The molecule has 3 aromatic rings. The van der Waals surface area contributed by atoms with Gasteiger partial charge in [-0.2, -0.15) is 0 Å². The van der Waals surface area contributed by atoms with Crippen LogP contribution in [0.3, 0.4) is 0 Å². The first-order valence-electron chi connectivity index (χ1n) is 10.2. The van der Waals surface area contributed by atoms with Crippen molar-refractivity contribution in [3.63, 3.8) is 0 Å². The zero-order valence-electron chi connectivity index (χ0n) is 17.9. The van der Waals surface area contributed by atoms with E-state index in [9.17, 15) is 4.79 Å². The smallest absolute Gasteiger partial charge is 0.255 e. The summed E-state index contributed by atoms with van der Waals surface area (Å²) in [7, 11) is 1.64. The molecule has 1 aromatic heterocycles. The number of ether oxygens (including phenoxy) is 1. The molecule has 0 fully saturated rings. The van der Waals surface area contributed by atoms with Gasteiger partial charge >= 0.3 is 0 Å². The minimum Gasteiger partial charge on any atom is -0.404 e. The third kappa shape index (κ3) is 6.02. The van der Waals surface area contributed by atoms with Crippen molar-refractivity contribution in [1.82, 2.24) is 10.3 Å². The fourth-order valence-electron chi connectivity index (χ4n) is 3.18. The Hall–Kier alpha value is -3.97. The SMILES string of the molecule is CN=CC(=CN)c1cnc(N)c(C(=O)NC(COCc2ccccc2)c2ccccc2)c1. The monoisotopic (exact) mass is 429 g/mol. The molecule has 0 aliphatic carbocycles. The molecule has 2 aromatic carbocycles. The number of anilines is 1. The van der Waals surface area contributed by atoms with E-state index < -0.39 is 0 Å². The average molecular weight is 430 g/mol. The van der Waals surface area contributed by atoms with Crippen molar-refractivity contribution >= 4 is 23.5 Å². The molecule has 1 amide bonds. The van der Waals surface area contributed by atoms with Crippen LogP contribution in [-0.4, -0.2) is 30.8 Å². The van der Waals surface area contributed by atoms with Crippen molar-refractivity contribution in [3.05, 3.63) is 101 Å². The number of nitrogens with one attached hydrogen (secondary N) is 1. The van der Waals surface area contributed by atoms with Crippen LogP contribution >= 0.6 is 0 Å². The summed E-state index contributed by atoms with van der Waals surface area (Å²) >= 11 is 0. The second kappa shape index (κ2) is 11.4. The number of amides is 1. The molecule has 3 rings (SSSR count). The lowest BCUT2D eigenvalue weighted by Crippen LogP contribution is -2.32. The zero-order chi connectivity index (χ0) is 22.8. The molecule has 0 radical (unpaired) electrons. The fourth-order valence-corrected chi connectivity index (χ4v) is 3.18. The van der Waals surface area contributed by atoms with Crippen LogP contribution in [0.25, 0.3) is 5.57 Å². The predicted molar refractivity (Wildman–Crippen MR) is 128 cm³/mol. The number of aromatic nitrogens is 1. The first-order valence-corrected chi connectivity index (χ1v) is 10.2. The van der Waals surface area contributed by atoms with Crippen LogP contribution in [0.5, 0.6) is 0 Å². The highest BCUT2D eigenvalue weighted by atomic mass is 16.5. The summed E-state index contributed by atoms with van der Waals surface area (Å²) in [5.74, 6) is -0.216. The van der Waals surface area contributed by atoms with E-state index in [1.54, 1.807) is 25.5 Å². The summed E-state index contributed by atoms with van der Waals surface area (Å²) in [6, 6.07) is 20.8.